The molecule has 2 aromatic rings. The number of carbonyl (C=O) groups excluding carboxylic acids is 3. The molecule has 2 atom stereocenters. The molecule has 126 valence electrons. The normalized spacial score (nSPS) is 21.3. The summed E-state index contributed by atoms with van der Waals surface area (Å²) in [6.07, 6.45) is 0.896. The van der Waals surface area contributed by atoms with Crippen molar-refractivity contribution in [3.05, 3.63) is 58.6 Å². The van der Waals surface area contributed by atoms with E-state index in [2.05, 4.69) is 5.32 Å². The molecule has 3 amide bonds. The average molecular weight is 355 g/mol. The number of halogens is 1. The zero-order chi connectivity index (χ0) is 17.7. The first-order chi connectivity index (χ1) is 12.0. The zero-order valence-electron chi connectivity index (χ0n) is 13.5. The van der Waals surface area contributed by atoms with Crippen molar-refractivity contribution in [3.8, 4) is 0 Å². The number of imide groups is 1. The van der Waals surface area contributed by atoms with Crippen LogP contribution in [0, 0.1) is 11.8 Å². The van der Waals surface area contributed by atoms with Gasteiger partial charge in [-0.25, -0.2) is 4.90 Å². The minimum Gasteiger partial charge on any atom is -0.326 e. The van der Waals surface area contributed by atoms with Crippen molar-refractivity contribution in [2.75, 3.05) is 10.2 Å². The van der Waals surface area contributed by atoms with E-state index in [1.807, 2.05) is 6.92 Å². The van der Waals surface area contributed by atoms with Gasteiger partial charge in [-0.2, -0.15) is 0 Å². The highest BCUT2D eigenvalue weighted by molar-refractivity contribution is 6.40. The third kappa shape index (κ3) is 2.61. The number of nitrogens with one attached hydrogen (secondary N) is 1. The summed E-state index contributed by atoms with van der Waals surface area (Å²) < 4.78 is 0. The van der Waals surface area contributed by atoms with E-state index in [1.165, 1.54) is 0 Å². The number of fused-ring (bicyclic) bond motifs is 1. The first-order valence-corrected chi connectivity index (χ1v) is 8.43. The molecular weight excluding hydrogens is 340 g/mol. The predicted octanol–water partition coefficient (Wildman–Crippen LogP) is 3.74. The Morgan fingerprint density at radius 1 is 1.12 bits per heavy atom. The first kappa shape index (κ1) is 15.8. The Hall–Kier alpha value is -2.66. The Labute approximate surface area is 149 Å². The van der Waals surface area contributed by atoms with Crippen LogP contribution < -0.4 is 10.2 Å². The largest absolute Gasteiger partial charge is 0.326 e. The molecule has 2 unspecified atom stereocenters. The molecule has 1 aliphatic heterocycles. The van der Waals surface area contributed by atoms with E-state index < -0.39 is 11.8 Å². The van der Waals surface area contributed by atoms with E-state index in [1.54, 1.807) is 42.5 Å². The summed E-state index contributed by atoms with van der Waals surface area (Å²) >= 11 is 6.29. The molecule has 1 N–H and O–H groups in total. The van der Waals surface area contributed by atoms with Crippen molar-refractivity contribution in [3.63, 3.8) is 0 Å². The molecule has 2 aliphatic rings. The lowest BCUT2D eigenvalue weighted by Gasteiger charge is -2.16. The van der Waals surface area contributed by atoms with Crippen molar-refractivity contribution in [2.45, 2.75) is 13.3 Å². The summed E-state index contributed by atoms with van der Waals surface area (Å²) in [7, 11) is 0. The maximum Gasteiger partial charge on any atom is 0.266 e. The van der Waals surface area contributed by atoms with Crippen LogP contribution in [0.15, 0.2) is 42.5 Å². The number of benzene rings is 2. The Morgan fingerprint density at radius 2 is 1.72 bits per heavy atom. The molecule has 6 heteroatoms. The second kappa shape index (κ2) is 5.70. The second-order valence-electron chi connectivity index (χ2n) is 6.47. The van der Waals surface area contributed by atoms with Gasteiger partial charge in [0.05, 0.1) is 21.8 Å². The van der Waals surface area contributed by atoms with Crippen LogP contribution in [0.1, 0.15) is 34.1 Å². The third-order valence-electron chi connectivity index (χ3n) is 4.70. The lowest BCUT2D eigenvalue weighted by molar-refractivity contribution is -0.117. The van der Waals surface area contributed by atoms with E-state index >= 15 is 0 Å². The number of anilines is 2. The summed E-state index contributed by atoms with van der Waals surface area (Å²) in [6.45, 7) is 2.03. The summed E-state index contributed by atoms with van der Waals surface area (Å²) in [4.78, 5) is 38.2. The van der Waals surface area contributed by atoms with Crippen LogP contribution in [-0.2, 0) is 4.79 Å². The van der Waals surface area contributed by atoms with Gasteiger partial charge in [0, 0.05) is 11.6 Å². The molecule has 0 spiro atoms. The van der Waals surface area contributed by atoms with Gasteiger partial charge in [-0.15, -0.1) is 0 Å². The standard InChI is InChI=1S/C19H15ClN2O3/c1-10-8-14(10)17(23)21-11-6-7-16(15(20)9-11)22-18(24)12-4-2-3-5-13(12)19(22)25/h2-7,9-10,14H,8H2,1H3,(H,21,23). The number of amides is 3. The van der Waals surface area contributed by atoms with E-state index in [0.29, 0.717) is 28.4 Å². The van der Waals surface area contributed by atoms with Gasteiger partial charge >= 0.3 is 0 Å². The monoisotopic (exact) mass is 354 g/mol. The fourth-order valence-corrected chi connectivity index (χ4v) is 3.36. The van der Waals surface area contributed by atoms with Gasteiger partial charge in [-0.1, -0.05) is 30.7 Å². The van der Waals surface area contributed by atoms with E-state index in [-0.39, 0.29) is 16.8 Å². The van der Waals surface area contributed by atoms with Crippen LogP contribution in [0.3, 0.4) is 0 Å². The van der Waals surface area contributed by atoms with Crippen molar-refractivity contribution in [1.29, 1.82) is 0 Å². The van der Waals surface area contributed by atoms with Crippen molar-refractivity contribution in [1.82, 2.24) is 0 Å². The smallest absolute Gasteiger partial charge is 0.266 e. The van der Waals surface area contributed by atoms with Crippen LogP contribution in [0.4, 0.5) is 11.4 Å². The van der Waals surface area contributed by atoms with Gasteiger partial charge in [0.15, 0.2) is 0 Å². The maximum absolute atomic E-state index is 12.5. The fourth-order valence-electron chi connectivity index (χ4n) is 3.10. The molecule has 25 heavy (non-hydrogen) atoms. The van der Waals surface area contributed by atoms with Gasteiger partial charge < -0.3 is 5.32 Å². The van der Waals surface area contributed by atoms with E-state index in [9.17, 15) is 14.4 Å². The highest BCUT2D eigenvalue weighted by Crippen LogP contribution is 2.39. The summed E-state index contributed by atoms with van der Waals surface area (Å²) in [5, 5.41) is 3.05. The minimum absolute atomic E-state index is 0.0305. The van der Waals surface area contributed by atoms with Crippen LogP contribution in [-0.4, -0.2) is 17.7 Å². The Balaban J connectivity index is 1.61. The van der Waals surface area contributed by atoms with Gasteiger partial charge in [-0.05, 0) is 42.7 Å². The maximum atomic E-state index is 12.5. The van der Waals surface area contributed by atoms with E-state index in [0.717, 1.165) is 11.3 Å². The Morgan fingerprint density at radius 3 is 2.24 bits per heavy atom. The van der Waals surface area contributed by atoms with Crippen molar-refractivity contribution < 1.29 is 14.4 Å². The summed E-state index contributed by atoms with van der Waals surface area (Å²) in [5.74, 6) is -0.364. The van der Waals surface area contributed by atoms with Crippen LogP contribution >= 0.6 is 11.6 Å². The molecule has 0 radical (unpaired) electrons. The molecule has 0 bridgehead atoms. The highest BCUT2D eigenvalue weighted by atomic mass is 35.5. The quantitative estimate of drug-likeness (QED) is 0.854. The molecule has 1 heterocycles. The summed E-state index contributed by atoms with van der Waals surface area (Å²) in [6, 6.07) is 11.5. The third-order valence-corrected chi connectivity index (χ3v) is 5.00. The van der Waals surface area contributed by atoms with Crippen LogP contribution in [0.2, 0.25) is 5.02 Å². The highest BCUT2D eigenvalue weighted by Gasteiger charge is 2.39. The van der Waals surface area contributed by atoms with Crippen molar-refractivity contribution >= 4 is 40.7 Å². The SMILES string of the molecule is CC1CC1C(=O)Nc1ccc(N2C(=O)c3ccccc3C2=O)c(Cl)c1. The topological polar surface area (TPSA) is 66.5 Å². The number of hydrogen-bond acceptors (Lipinski definition) is 3. The molecule has 1 fully saturated rings. The number of carbonyl (C=O) groups is 3. The Kier molecular flexibility index (Phi) is 3.62. The predicted molar refractivity (Wildman–Crippen MR) is 94.9 cm³/mol. The lowest BCUT2D eigenvalue weighted by Crippen LogP contribution is -2.29. The minimum atomic E-state index is -0.397. The molecule has 0 aromatic heterocycles. The lowest BCUT2D eigenvalue weighted by atomic mass is 10.1. The molecule has 5 nitrogen and oxygen atoms in total. The molecule has 4 rings (SSSR count). The van der Waals surface area contributed by atoms with Gasteiger partial charge in [0.1, 0.15) is 0 Å². The van der Waals surface area contributed by atoms with Gasteiger partial charge in [0.25, 0.3) is 11.8 Å². The van der Waals surface area contributed by atoms with Crippen molar-refractivity contribution in [2.24, 2.45) is 11.8 Å². The molecular formula is C19H15ClN2O3. The molecule has 1 aliphatic carbocycles. The van der Waals surface area contributed by atoms with Crippen LogP contribution in [0.5, 0.6) is 0 Å². The fraction of sp³-hybridized carbons (Fsp3) is 0.211. The van der Waals surface area contributed by atoms with Gasteiger partial charge in [0.2, 0.25) is 5.91 Å². The first-order valence-electron chi connectivity index (χ1n) is 8.05. The molecule has 2 aromatic carbocycles. The number of nitrogens with zero attached hydrogens (tertiary/aromatic N) is 1. The molecule has 0 saturated heterocycles. The number of rotatable bonds is 3. The number of hydrogen-bond donors (Lipinski definition) is 1. The zero-order valence-corrected chi connectivity index (χ0v) is 14.2. The molecule has 1 saturated carbocycles. The average Bonchev–Trinajstić information content (AvgIpc) is 3.28. The van der Waals surface area contributed by atoms with Gasteiger partial charge in [-0.3, -0.25) is 14.4 Å². The van der Waals surface area contributed by atoms with Crippen LogP contribution in [0.25, 0.3) is 0 Å². The Bertz CT molecular complexity index is 890. The summed E-state index contributed by atoms with van der Waals surface area (Å²) in [5.41, 5.74) is 1.59. The second-order valence-corrected chi connectivity index (χ2v) is 6.87. The van der Waals surface area contributed by atoms with E-state index in [4.69, 9.17) is 11.6 Å².